The van der Waals surface area contributed by atoms with E-state index in [9.17, 15) is 0 Å². The van der Waals surface area contributed by atoms with Crippen LogP contribution in [0.3, 0.4) is 0 Å². The van der Waals surface area contributed by atoms with Gasteiger partial charge >= 0.3 is 0 Å². The van der Waals surface area contributed by atoms with Crippen molar-refractivity contribution in [2.24, 2.45) is 0 Å². The molecule has 2 aromatic heterocycles. The zero-order valence-electron chi connectivity index (χ0n) is 15.5. The highest BCUT2D eigenvalue weighted by Gasteiger charge is 2.25. The van der Waals surface area contributed by atoms with Gasteiger partial charge in [0, 0.05) is 29.6 Å². The average molecular weight is 370 g/mol. The van der Waals surface area contributed by atoms with Gasteiger partial charge < -0.3 is 10.6 Å². The van der Waals surface area contributed by atoms with Crippen molar-refractivity contribution in [2.45, 2.75) is 25.2 Å². The molecule has 2 heterocycles. The Bertz CT molecular complexity index is 1080. The van der Waals surface area contributed by atoms with E-state index in [1.54, 1.807) is 0 Å². The molecule has 0 amide bonds. The van der Waals surface area contributed by atoms with Crippen LogP contribution in [0.2, 0.25) is 0 Å². The number of fused-ring (bicyclic) bond motifs is 1. The normalized spacial score (nSPS) is 13.6. The lowest BCUT2D eigenvalue weighted by Gasteiger charge is -2.10. The molecule has 140 valence electrons. The molecule has 1 aliphatic carbocycles. The molecular weight excluding hydrogens is 348 g/mol. The van der Waals surface area contributed by atoms with Gasteiger partial charge in [-0.05, 0) is 37.0 Å². The Morgan fingerprint density at radius 2 is 1.79 bits per heavy atom. The highest BCUT2D eigenvalue weighted by molar-refractivity contribution is 5.91. The zero-order valence-corrected chi connectivity index (χ0v) is 15.5. The lowest BCUT2D eigenvalue weighted by Crippen LogP contribution is -2.09. The van der Waals surface area contributed by atoms with Crippen LogP contribution < -0.4 is 10.6 Å². The first-order valence-corrected chi connectivity index (χ1v) is 9.72. The van der Waals surface area contributed by atoms with Crippen LogP contribution in [0.15, 0.2) is 60.7 Å². The summed E-state index contributed by atoms with van der Waals surface area (Å²) in [6.07, 6.45) is 3.41. The molecule has 0 saturated heterocycles. The molecule has 0 radical (unpaired) electrons. The minimum Gasteiger partial charge on any atom is -0.354 e. The summed E-state index contributed by atoms with van der Waals surface area (Å²) in [5.74, 6) is 2.82. The number of aromatic nitrogens is 4. The molecule has 2 aromatic carbocycles. The predicted octanol–water partition coefficient (Wildman–Crippen LogP) is 4.63. The Labute approximate surface area is 163 Å². The molecule has 1 aliphatic rings. The van der Waals surface area contributed by atoms with Crippen molar-refractivity contribution in [3.8, 4) is 0 Å². The number of benzene rings is 2. The second-order valence-corrected chi connectivity index (χ2v) is 7.18. The monoisotopic (exact) mass is 370 g/mol. The number of hydrogen-bond acceptors (Lipinski definition) is 5. The molecule has 6 heteroatoms. The molecule has 1 saturated carbocycles. The second kappa shape index (κ2) is 7.31. The van der Waals surface area contributed by atoms with Gasteiger partial charge in [0.15, 0.2) is 5.82 Å². The summed E-state index contributed by atoms with van der Waals surface area (Å²) < 4.78 is 0. The van der Waals surface area contributed by atoms with E-state index in [0.29, 0.717) is 11.9 Å². The molecule has 0 spiro atoms. The topological polar surface area (TPSA) is 78.5 Å². The molecule has 4 aromatic rings. The number of anilines is 3. The molecule has 5 rings (SSSR count). The summed E-state index contributed by atoms with van der Waals surface area (Å²) in [6, 6.07) is 20.5. The molecular formula is C22H22N6. The minimum atomic E-state index is 0.620. The summed E-state index contributed by atoms with van der Waals surface area (Å²) >= 11 is 0. The Kier molecular flexibility index (Phi) is 4.37. The van der Waals surface area contributed by atoms with Crippen LogP contribution in [0.1, 0.15) is 30.0 Å². The lowest BCUT2D eigenvalue weighted by molar-refractivity contribution is 0.966. The maximum absolute atomic E-state index is 4.71. The molecule has 0 unspecified atom stereocenters. The Morgan fingerprint density at radius 3 is 2.64 bits per heavy atom. The molecule has 28 heavy (non-hydrogen) atoms. The lowest BCUT2D eigenvalue weighted by atomic mass is 10.1. The van der Waals surface area contributed by atoms with E-state index in [0.717, 1.165) is 35.5 Å². The van der Waals surface area contributed by atoms with Crippen LogP contribution in [-0.4, -0.2) is 26.7 Å². The van der Waals surface area contributed by atoms with Gasteiger partial charge in [-0.2, -0.15) is 10.1 Å². The van der Waals surface area contributed by atoms with Crippen molar-refractivity contribution in [1.29, 1.82) is 0 Å². The number of nitrogens with zero attached hydrogens (tertiary/aromatic N) is 3. The van der Waals surface area contributed by atoms with Crippen LogP contribution in [-0.2, 0) is 6.42 Å². The molecule has 3 N–H and O–H groups in total. The largest absolute Gasteiger partial charge is 0.354 e. The van der Waals surface area contributed by atoms with Gasteiger partial charge in [0.2, 0.25) is 5.95 Å². The second-order valence-electron chi connectivity index (χ2n) is 7.18. The Morgan fingerprint density at radius 1 is 0.964 bits per heavy atom. The van der Waals surface area contributed by atoms with E-state index >= 15 is 0 Å². The Hall–Kier alpha value is -3.41. The zero-order chi connectivity index (χ0) is 18.8. The summed E-state index contributed by atoms with van der Waals surface area (Å²) in [5, 5.41) is 15.2. The third-order valence-corrected chi connectivity index (χ3v) is 5.00. The van der Waals surface area contributed by atoms with Crippen molar-refractivity contribution in [2.75, 3.05) is 17.2 Å². The summed E-state index contributed by atoms with van der Waals surface area (Å²) in [5.41, 5.74) is 3.39. The van der Waals surface area contributed by atoms with Gasteiger partial charge in [-0.25, -0.2) is 4.98 Å². The standard InChI is InChI=1S/C22H22N6/c1-2-6-15(7-3-1)12-13-23-22-24-18-9-5-4-8-17(18)21(26-22)25-20-14-19(27-28-20)16-10-11-16/h1-9,14,16H,10-13H2,(H3,23,24,25,26,27,28). The molecule has 6 nitrogen and oxygen atoms in total. The van der Waals surface area contributed by atoms with Crippen molar-refractivity contribution in [3.05, 3.63) is 71.9 Å². The SMILES string of the molecule is c1ccc(CCNc2nc(Nc3cc(C4CC4)[nH]n3)c3ccccc3n2)cc1. The quantitative estimate of drug-likeness (QED) is 0.442. The van der Waals surface area contributed by atoms with Crippen molar-refractivity contribution in [1.82, 2.24) is 20.2 Å². The number of para-hydroxylation sites is 1. The van der Waals surface area contributed by atoms with Gasteiger partial charge in [-0.1, -0.05) is 42.5 Å². The summed E-state index contributed by atoms with van der Waals surface area (Å²) in [6.45, 7) is 0.774. The van der Waals surface area contributed by atoms with Crippen LogP contribution in [0.5, 0.6) is 0 Å². The summed E-state index contributed by atoms with van der Waals surface area (Å²) in [7, 11) is 0. The number of hydrogen-bond donors (Lipinski definition) is 3. The molecule has 1 fully saturated rings. The summed E-state index contributed by atoms with van der Waals surface area (Å²) in [4.78, 5) is 9.37. The van der Waals surface area contributed by atoms with E-state index in [-0.39, 0.29) is 0 Å². The predicted molar refractivity (Wildman–Crippen MR) is 112 cm³/mol. The first-order chi connectivity index (χ1) is 13.8. The van der Waals surface area contributed by atoms with Crippen molar-refractivity contribution in [3.63, 3.8) is 0 Å². The number of aromatic amines is 1. The highest BCUT2D eigenvalue weighted by Crippen LogP contribution is 2.39. The minimum absolute atomic E-state index is 0.620. The van der Waals surface area contributed by atoms with Gasteiger partial charge in [0.25, 0.3) is 0 Å². The maximum atomic E-state index is 4.71. The van der Waals surface area contributed by atoms with Gasteiger partial charge in [-0.15, -0.1) is 0 Å². The molecule has 0 bridgehead atoms. The van der Waals surface area contributed by atoms with Crippen LogP contribution in [0.4, 0.5) is 17.6 Å². The van der Waals surface area contributed by atoms with E-state index in [2.05, 4.69) is 56.1 Å². The van der Waals surface area contributed by atoms with E-state index in [1.807, 2.05) is 30.3 Å². The average Bonchev–Trinajstić information content (AvgIpc) is 3.48. The van der Waals surface area contributed by atoms with Crippen LogP contribution in [0, 0.1) is 0 Å². The fourth-order valence-electron chi connectivity index (χ4n) is 3.34. The van der Waals surface area contributed by atoms with Gasteiger partial charge in [-0.3, -0.25) is 5.10 Å². The smallest absolute Gasteiger partial charge is 0.225 e. The number of rotatable bonds is 7. The first-order valence-electron chi connectivity index (χ1n) is 9.72. The molecule has 0 aliphatic heterocycles. The van der Waals surface area contributed by atoms with Crippen LogP contribution in [0.25, 0.3) is 10.9 Å². The third kappa shape index (κ3) is 3.67. The van der Waals surface area contributed by atoms with E-state index in [1.165, 1.54) is 24.1 Å². The maximum Gasteiger partial charge on any atom is 0.225 e. The highest BCUT2D eigenvalue weighted by atomic mass is 15.2. The third-order valence-electron chi connectivity index (χ3n) is 5.00. The van der Waals surface area contributed by atoms with E-state index in [4.69, 9.17) is 4.98 Å². The fourth-order valence-corrected chi connectivity index (χ4v) is 3.34. The van der Waals surface area contributed by atoms with Gasteiger partial charge in [0.05, 0.1) is 5.52 Å². The number of H-pyrrole nitrogens is 1. The van der Waals surface area contributed by atoms with Crippen molar-refractivity contribution >= 4 is 28.5 Å². The van der Waals surface area contributed by atoms with Crippen molar-refractivity contribution < 1.29 is 0 Å². The first kappa shape index (κ1) is 16.7. The molecule has 0 atom stereocenters. The number of nitrogens with one attached hydrogen (secondary N) is 3. The van der Waals surface area contributed by atoms with Gasteiger partial charge in [0.1, 0.15) is 5.82 Å². The van der Waals surface area contributed by atoms with E-state index < -0.39 is 0 Å². The van der Waals surface area contributed by atoms with Crippen LogP contribution >= 0.6 is 0 Å². The Balaban J connectivity index is 1.37. The fraction of sp³-hybridized carbons (Fsp3) is 0.227.